The smallest absolute Gasteiger partial charge is 0.250 e. The van der Waals surface area contributed by atoms with Crippen molar-refractivity contribution in [1.82, 2.24) is 0 Å². The van der Waals surface area contributed by atoms with Gasteiger partial charge < -0.3 is 10.4 Å². The van der Waals surface area contributed by atoms with Crippen LogP contribution in [0.25, 0.3) is 0 Å². The second kappa shape index (κ2) is 5.78. The van der Waals surface area contributed by atoms with Crippen LogP contribution in [0.1, 0.15) is 13.8 Å². The third-order valence-corrected chi connectivity index (χ3v) is 2.67. The third-order valence-electron chi connectivity index (χ3n) is 1.65. The van der Waals surface area contributed by atoms with Crippen LogP contribution in [0.3, 0.4) is 0 Å². The fourth-order valence-electron chi connectivity index (χ4n) is 1.09. The fourth-order valence-corrected chi connectivity index (χ4v) is 1.93. The lowest BCUT2D eigenvalue weighted by Crippen LogP contribution is -2.15. The van der Waals surface area contributed by atoms with Crippen molar-refractivity contribution < 1.29 is 9.90 Å². The van der Waals surface area contributed by atoms with Gasteiger partial charge in [-0.15, -0.1) is 11.8 Å². The summed E-state index contributed by atoms with van der Waals surface area (Å²) in [7, 11) is 0. The molecule has 0 aliphatic rings. The number of aliphatic hydroxyl groups excluding tert-OH is 1. The number of benzene rings is 1. The van der Waals surface area contributed by atoms with Crippen molar-refractivity contribution in [2.45, 2.75) is 24.0 Å². The Labute approximate surface area is 93.9 Å². The molecule has 2 N–H and O–H groups in total. The normalized spacial score (nSPS) is 10.4. The highest BCUT2D eigenvalue weighted by Crippen LogP contribution is 2.23. The molecule has 0 unspecified atom stereocenters. The molecule has 0 spiro atoms. The minimum atomic E-state index is -0.484. The second-order valence-corrected chi connectivity index (χ2v) is 5.05. The van der Waals surface area contributed by atoms with Crippen molar-refractivity contribution in [1.29, 1.82) is 0 Å². The second-order valence-electron chi connectivity index (χ2n) is 3.40. The van der Waals surface area contributed by atoms with E-state index in [2.05, 4.69) is 19.2 Å². The van der Waals surface area contributed by atoms with Crippen LogP contribution in [0.15, 0.2) is 29.2 Å². The number of anilines is 1. The fraction of sp³-hybridized carbons (Fsp3) is 0.364. The van der Waals surface area contributed by atoms with E-state index < -0.39 is 6.61 Å². The summed E-state index contributed by atoms with van der Waals surface area (Å²) >= 11 is 1.77. The zero-order chi connectivity index (χ0) is 11.3. The van der Waals surface area contributed by atoms with Crippen molar-refractivity contribution in [3.63, 3.8) is 0 Å². The van der Waals surface area contributed by atoms with E-state index in [-0.39, 0.29) is 5.91 Å². The van der Waals surface area contributed by atoms with E-state index in [1.54, 1.807) is 11.8 Å². The van der Waals surface area contributed by atoms with Crippen LogP contribution in [-0.4, -0.2) is 22.9 Å². The predicted molar refractivity (Wildman–Crippen MR) is 63.2 cm³/mol. The van der Waals surface area contributed by atoms with E-state index in [4.69, 9.17) is 5.11 Å². The van der Waals surface area contributed by atoms with Crippen LogP contribution in [0.5, 0.6) is 0 Å². The molecule has 0 saturated heterocycles. The maximum absolute atomic E-state index is 10.9. The van der Waals surface area contributed by atoms with Crippen LogP contribution >= 0.6 is 11.8 Å². The Morgan fingerprint density at radius 3 is 2.47 bits per heavy atom. The van der Waals surface area contributed by atoms with Gasteiger partial charge in [0.15, 0.2) is 0 Å². The molecule has 0 radical (unpaired) electrons. The van der Waals surface area contributed by atoms with E-state index in [0.29, 0.717) is 10.9 Å². The van der Waals surface area contributed by atoms with Gasteiger partial charge in [0.25, 0.3) is 0 Å². The molecule has 0 aromatic heterocycles. The Morgan fingerprint density at radius 1 is 1.40 bits per heavy atom. The summed E-state index contributed by atoms with van der Waals surface area (Å²) in [5.41, 5.74) is 0.710. The Kier molecular flexibility index (Phi) is 4.65. The molecule has 0 heterocycles. The summed E-state index contributed by atoms with van der Waals surface area (Å²) in [5.74, 6) is -0.390. The molecule has 1 aromatic carbocycles. The first-order valence-electron chi connectivity index (χ1n) is 4.79. The van der Waals surface area contributed by atoms with Gasteiger partial charge in [-0.25, -0.2) is 0 Å². The summed E-state index contributed by atoms with van der Waals surface area (Å²) in [5, 5.41) is 11.7. The average molecular weight is 225 g/mol. The maximum atomic E-state index is 10.9. The first-order valence-corrected chi connectivity index (χ1v) is 5.67. The topological polar surface area (TPSA) is 49.3 Å². The molecular formula is C11H15NO2S. The quantitative estimate of drug-likeness (QED) is 0.772. The molecule has 0 atom stereocenters. The molecule has 15 heavy (non-hydrogen) atoms. The van der Waals surface area contributed by atoms with Gasteiger partial charge in [-0.05, 0) is 24.3 Å². The lowest BCUT2D eigenvalue weighted by molar-refractivity contribution is -0.118. The van der Waals surface area contributed by atoms with Gasteiger partial charge in [-0.3, -0.25) is 4.79 Å². The van der Waals surface area contributed by atoms with E-state index in [1.165, 1.54) is 4.90 Å². The van der Waals surface area contributed by atoms with E-state index in [9.17, 15) is 4.79 Å². The van der Waals surface area contributed by atoms with Crippen molar-refractivity contribution >= 4 is 23.4 Å². The number of amides is 1. The van der Waals surface area contributed by atoms with Crippen LogP contribution in [0, 0.1) is 0 Å². The molecule has 1 rings (SSSR count). The molecule has 3 nitrogen and oxygen atoms in total. The Hall–Kier alpha value is -1.00. The van der Waals surface area contributed by atoms with Gasteiger partial charge in [0, 0.05) is 15.8 Å². The summed E-state index contributed by atoms with van der Waals surface area (Å²) in [6.07, 6.45) is 0. The van der Waals surface area contributed by atoms with Crippen LogP contribution in [0.2, 0.25) is 0 Å². The number of aliphatic hydroxyl groups is 1. The Bertz CT molecular complexity index is 322. The highest BCUT2D eigenvalue weighted by Gasteiger charge is 2.01. The number of nitrogens with one attached hydrogen (secondary N) is 1. The molecule has 4 heteroatoms. The van der Waals surface area contributed by atoms with Crippen molar-refractivity contribution in [2.75, 3.05) is 11.9 Å². The van der Waals surface area contributed by atoms with E-state index in [1.807, 2.05) is 24.3 Å². The van der Waals surface area contributed by atoms with Gasteiger partial charge >= 0.3 is 0 Å². The molecule has 1 aromatic rings. The third kappa shape index (κ3) is 4.36. The molecular weight excluding hydrogens is 210 g/mol. The van der Waals surface area contributed by atoms with Crippen molar-refractivity contribution in [2.24, 2.45) is 0 Å². The Morgan fingerprint density at radius 2 is 2.00 bits per heavy atom. The molecule has 0 aliphatic carbocycles. The zero-order valence-corrected chi connectivity index (χ0v) is 9.67. The SMILES string of the molecule is CC(C)Sc1ccc(NC(=O)CO)cc1. The lowest BCUT2D eigenvalue weighted by Gasteiger charge is -2.06. The number of hydrogen-bond acceptors (Lipinski definition) is 3. The van der Waals surface area contributed by atoms with Gasteiger partial charge in [-0.2, -0.15) is 0 Å². The molecule has 0 fully saturated rings. The first-order chi connectivity index (χ1) is 7.11. The number of thioether (sulfide) groups is 1. The van der Waals surface area contributed by atoms with Gasteiger partial charge in [0.05, 0.1) is 0 Å². The molecule has 0 aliphatic heterocycles. The number of carbonyl (C=O) groups is 1. The van der Waals surface area contributed by atoms with Gasteiger partial charge in [0.1, 0.15) is 6.61 Å². The van der Waals surface area contributed by atoms with Gasteiger partial charge in [0.2, 0.25) is 5.91 Å². The predicted octanol–water partition coefficient (Wildman–Crippen LogP) is 2.12. The lowest BCUT2D eigenvalue weighted by atomic mass is 10.3. The summed E-state index contributed by atoms with van der Waals surface area (Å²) in [4.78, 5) is 12.1. The zero-order valence-electron chi connectivity index (χ0n) is 8.86. The number of carbonyl (C=O) groups excluding carboxylic acids is 1. The summed E-state index contributed by atoms with van der Waals surface area (Å²) < 4.78 is 0. The Balaban J connectivity index is 2.60. The van der Waals surface area contributed by atoms with Crippen LogP contribution < -0.4 is 5.32 Å². The summed E-state index contributed by atoms with van der Waals surface area (Å²) in [6, 6.07) is 7.58. The van der Waals surface area contributed by atoms with Crippen LogP contribution in [-0.2, 0) is 4.79 Å². The highest BCUT2D eigenvalue weighted by atomic mass is 32.2. The minimum Gasteiger partial charge on any atom is -0.387 e. The van der Waals surface area contributed by atoms with Gasteiger partial charge in [-0.1, -0.05) is 13.8 Å². The van der Waals surface area contributed by atoms with E-state index >= 15 is 0 Å². The molecule has 82 valence electrons. The average Bonchev–Trinajstić information content (AvgIpc) is 2.20. The summed E-state index contributed by atoms with van der Waals surface area (Å²) in [6.45, 7) is 3.78. The molecule has 1 amide bonds. The first kappa shape index (κ1) is 12.1. The largest absolute Gasteiger partial charge is 0.387 e. The van der Waals surface area contributed by atoms with Crippen LogP contribution in [0.4, 0.5) is 5.69 Å². The highest BCUT2D eigenvalue weighted by molar-refractivity contribution is 7.99. The van der Waals surface area contributed by atoms with Crippen molar-refractivity contribution in [3.05, 3.63) is 24.3 Å². The van der Waals surface area contributed by atoms with Crippen molar-refractivity contribution in [3.8, 4) is 0 Å². The van der Waals surface area contributed by atoms with E-state index in [0.717, 1.165) is 0 Å². The maximum Gasteiger partial charge on any atom is 0.250 e. The molecule has 0 bridgehead atoms. The molecule has 0 saturated carbocycles. The standard InChI is InChI=1S/C11H15NO2S/c1-8(2)15-10-5-3-9(4-6-10)12-11(14)7-13/h3-6,8,13H,7H2,1-2H3,(H,12,14). The number of rotatable bonds is 4. The number of hydrogen-bond donors (Lipinski definition) is 2. The monoisotopic (exact) mass is 225 g/mol. The minimum absolute atomic E-state index is 0.390.